The number of hydrogen-bond acceptors (Lipinski definition) is 3. The van der Waals surface area contributed by atoms with E-state index in [-0.39, 0.29) is 16.0 Å². The summed E-state index contributed by atoms with van der Waals surface area (Å²) in [6, 6.07) is 5.64. The summed E-state index contributed by atoms with van der Waals surface area (Å²) in [6.45, 7) is 9.04. The number of nitrogens with zero attached hydrogens (tertiary/aromatic N) is 1. The lowest BCUT2D eigenvalue weighted by molar-refractivity contribution is -0.384. The van der Waals surface area contributed by atoms with Crippen LogP contribution in [-0.4, -0.2) is 11.0 Å². The zero-order chi connectivity index (χ0) is 15.4. The molecule has 114 valence electrons. The number of nitro groups is 1. The first-order chi connectivity index (χ1) is 9.75. The van der Waals surface area contributed by atoms with E-state index in [4.69, 9.17) is 0 Å². The first-order valence-corrected chi connectivity index (χ1v) is 7.77. The maximum atomic E-state index is 11.2. The van der Waals surface area contributed by atoms with Gasteiger partial charge in [0.15, 0.2) is 0 Å². The Bertz CT molecular complexity index is 596. The van der Waals surface area contributed by atoms with Crippen molar-refractivity contribution in [1.29, 1.82) is 0 Å². The van der Waals surface area contributed by atoms with Crippen molar-refractivity contribution in [2.24, 2.45) is 16.7 Å². The number of fused-ring (bicyclic) bond motifs is 2. The molecule has 0 heterocycles. The van der Waals surface area contributed by atoms with Crippen molar-refractivity contribution in [3.8, 4) is 0 Å². The number of rotatable bonds is 3. The highest BCUT2D eigenvalue weighted by atomic mass is 16.6. The predicted octanol–water partition coefficient (Wildman–Crippen LogP) is 4.53. The van der Waals surface area contributed by atoms with Crippen LogP contribution < -0.4 is 5.32 Å². The standard InChI is InChI=1S/C17H24N2O2/c1-11-5-6-14(19(20)21)13(9-11)18-15-10-12-7-8-17(15,4)16(12,2)3/h5-6,9,12,15,18H,7-8,10H2,1-4H3. The quantitative estimate of drug-likeness (QED) is 0.656. The fourth-order valence-electron chi connectivity index (χ4n) is 4.53. The van der Waals surface area contributed by atoms with Crippen LogP contribution in [0.1, 0.15) is 45.6 Å². The van der Waals surface area contributed by atoms with Crippen molar-refractivity contribution >= 4 is 11.4 Å². The third-order valence-electron chi connectivity index (χ3n) is 6.47. The Morgan fingerprint density at radius 3 is 2.57 bits per heavy atom. The number of aryl methyl sites for hydroxylation is 1. The Balaban J connectivity index is 1.92. The van der Waals surface area contributed by atoms with Crippen LogP contribution in [0.3, 0.4) is 0 Å². The van der Waals surface area contributed by atoms with Crippen molar-refractivity contribution in [2.45, 2.75) is 53.0 Å². The van der Waals surface area contributed by atoms with Gasteiger partial charge in [0.05, 0.1) is 4.92 Å². The number of benzene rings is 1. The SMILES string of the molecule is Cc1ccc([N+](=O)[O-])c(NC2CC3CCC2(C)C3(C)C)c1. The Kier molecular flexibility index (Phi) is 3.05. The number of nitrogens with one attached hydrogen (secondary N) is 1. The van der Waals surface area contributed by atoms with E-state index < -0.39 is 0 Å². The maximum absolute atomic E-state index is 11.2. The molecule has 1 aromatic rings. The second-order valence-electron chi connectivity index (χ2n) is 7.59. The molecule has 2 aliphatic carbocycles. The molecular formula is C17H24N2O2. The lowest BCUT2D eigenvalue weighted by Gasteiger charge is -2.39. The molecule has 0 saturated heterocycles. The topological polar surface area (TPSA) is 55.2 Å². The minimum Gasteiger partial charge on any atom is -0.376 e. The van der Waals surface area contributed by atoms with E-state index in [1.54, 1.807) is 12.1 Å². The van der Waals surface area contributed by atoms with Gasteiger partial charge in [0.1, 0.15) is 5.69 Å². The van der Waals surface area contributed by atoms with Crippen molar-refractivity contribution in [3.05, 3.63) is 33.9 Å². The molecule has 1 aromatic carbocycles. The van der Waals surface area contributed by atoms with E-state index in [0.29, 0.717) is 17.1 Å². The second kappa shape index (κ2) is 4.46. The van der Waals surface area contributed by atoms with Crippen molar-refractivity contribution in [3.63, 3.8) is 0 Å². The first-order valence-electron chi connectivity index (χ1n) is 7.77. The highest BCUT2D eigenvalue weighted by molar-refractivity contribution is 5.63. The van der Waals surface area contributed by atoms with E-state index in [0.717, 1.165) is 17.9 Å². The third kappa shape index (κ3) is 1.95. The van der Waals surface area contributed by atoms with Crippen LogP contribution in [-0.2, 0) is 0 Å². The van der Waals surface area contributed by atoms with Crippen LogP contribution >= 0.6 is 0 Å². The summed E-state index contributed by atoms with van der Waals surface area (Å²) in [6.07, 6.45) is 3.62. The van der Waals surface area contributed by atoms with Crippen LogP contribution in [0.5, 0.6) is 0 Å². The highest BCUT2D eigenvalue weighted by Crippen LogP contribution is 2.66. The smallest absolute Gasteiger partial charge is 0.292 e. The number of nitro benzene ring substituents is 1. The number of hydrogen-bond donors (Lipinski definition) is 1. The van der Waals surface area contributed by atoms with Crippen LogP contribution in [0.2, 0.25) is 0 Å². The van der Waals surface area contributed by atoms with Gasteiger partial charge in [0, 0.05) is 12.1 Å². The molecule has 2 fully saturated rings. The average molecular weight is 288 g/mol. The van der Waals surface area contributed by atoms with Gasteiger partial charge in [-0.1, -0.05) is 26.8 Å². The Hall–Kier alpha value is -1.58. The molecule has 0 aliphatic heterocycles. The van der Waals surface area contributed by atoms with Crippen LogP contribution in [0.15, 0.2) is 18.2 Å². The molecule has 0 aromatic heterocycles. The summed E-state index contributed by atoms with van der Waals surface area (Å²) >= 11 is 0. The monoisotopic (exact) mass is 288 g/mol. The molecule has 3 rings (SSSR count). The van der Waals surface area contributed by atoms with Gasteiger partial charge in [0.2, 0.25) is 0 Å². The van der Waals surface area contributed by atoms with Crippen LogP contribution in [0.4, 0.5) is 11.4 Å². The largest absolute Gasteiger partial charge is 0.376 e. The Labute approximate surface area is 126 Å². The minimum absolute atomic E-state index is 0.185. The van der Waals surface area contributed by atoms with Gasteiger partial charge in [0.25, 0.3) is 5.69 Å². The molecular weight excluding hydrogens is 264 g/mol. The van der Waals surface area contributed by atoms with Gasteiger partial charge in [-0.05, 0) is 54.6 Å². The summed E-state index contributed by atoms with van der Waals surface area (Å²) in [5.41, 5.74) is 2.44. The zero-order valence-electron chi connectivity index (χ0n) is 13.3. The summed E-state index contributed by atoms with van der Waals surface area (Å²) < 4.78 is 0. The molecule has 0 spiro atoms. The van der Waals surface area contributed by atoms with Crippen LogP contribution in [0, 0.1) is 33.8 Å². The van der Waals surface area contributed by atoms with Crippen molar-refractivity contribution in [1.82, 2.24) is 0 Å². The minimum atomic E-state index is -0.289. The van der Waals surface area contributed by atoms with E-state index >= 15 is 0 Å². The van der Waals surface area contributed by atoms with E-state index in [2.05, 4.69) is 26.1 Å². The normalized spacial score (nSPS) is 33.1. The van der Waals surface area contributed by atoms with Gasteiger partial charge in [-0.25, -0.2) is 0 Å². The lowest BCUT2D eigenvalue weighted by atomic mass is 9.69. The van der Waals surface area contributed by atoms with Crippen molar-refractivity contribution < 1.29 is 4.92 Å². The molecule has 4 nitrogen and oxygen atoms in total. The summed E-state index contributed by atoms with van der Waals surface area (Å²) in [4.78, 5) is 11.0. The summed E-state index contributed by atoms with van der Waals surface area (Å²) in [5, 5.41) is 14.8. The summed E-state index contributed by atoms with van der Waals surface area (Å²) in [7, 11) is 0. The molecule has 3 atom stereocenters. The Morgan fingerprint density at radius 1 is 1.33 bits per heavy atom. The molecule has 0 radical (unpaired) electrons. The average Bonchev–Trinajstić information content (AvgIpc) is 2.71. The fourth-order valence-corrected chi connectivity index (χ4v) is 4.53. The van der Waals surface area contributed by atoms with Crippen molar-refractivity contribution in [2.75, 3.05) is 5.32 Å². The predicted molar refractivity (Wildman–Crippen MR) is 84.5 cm³/mol. The highest BCUT2D eigenvalue weighted by Gasteiger charge is 2.61. The lowest BCUT2D eigenvalue weighted by Crippen LogP contribution is -2.40. The molecule has 2 aliphatic rings. The van der Waals surface area contributed by atoms with Gasteiger partial charge >= 0.3 is 0 Å². The molecule has 1 N–H and O–H groups in total. The first kappa shape index (κ1) is 14.4. The Morgan fingerprint density at radius 2 is 2.05 bits per heavy atom. The number of anilines is 1. The second-order valence-corrected chi connectivity index (χ2v) is 7.59. The molecule has 21 heavy (non-hydrogen) atoms. The maximum Gasteiger partial charge on any atom is 0.292 e. The van der Waals surface area contributed by atoms with Gasteiger partial charge in [-0.2, -0.15) is 0 Å². The molecule has 2 bridgehead atoms. The third-order valence-corrected chi connectivity index (χ3v) is 6.47. The molecule has 4 heteroatoms. The fraction of sp³-hybridized carbons (Fsp3) is 0.647. The van der Waals surface area contributed by atoms with Crippen LogP contribution in [0.25, 0.3) is 0 Å². The zero-order valence-corrected chi connectivity index (χ0v) is 13.3. The molecule has 2 saturated carbocycles. The summed E-state index contributed by atoms with van der Waals surface area (Å²) in [5.74, 6) is 0.726. The molecule has 0 amide bonds. The van der Waals surface area contributed by atoms with E-state index in [1.807, 2.05) is 13.0 Å². The van der Waals surface area contributed by atoms with E-state index in [1.165, 1.54) is 12.8 Å². The van der Waals surface area contributed by atoms with Gasteiger partial charge < -0.3 is 5.32 Å². The van der Waals surface area contributed by atoms with Gasteiger partial charge in [-0.15, -0.1) is 0 Å². The molecule has 3 unspecified atom stereocenters. The van der Waals surface area contributed by atoms with Gasteiger partial charge in [-0.3, -0.25) is 10.1 Å². The van der Waals surface area contributed by atoms with E-state index in [9.17, 15) is 10.1 Å².